The molecule has 0 fully saturated rings. The molecule has 154 valence electrons. The quantitative estimate of drug-likeness (QED) is 0.455. The van der Waals surface area contributed by atoms with E-state index in [1.165, 1.54) is 6.20 Å². The summed E-state index contributed by atoms with van der Waals surface area (Å²) < 4.78 is 16.2. The average molecular weight is 405 g/mol. The van der Waals surface area contributed by atoms with Crippen LogP contribution >= 0.6 is 0 Å². The number of carbonyl (C=O) groups excluding carboxylic acids is 1. The third kappa shape index (κ3) is 4.00. The lowest BCUT2D eigenvalue weighted by atomic mass is 10.0. The number of hydrogen-bond donors (Lipinski definition) is 2. The smallest absolute Gasteiger partial charge is 0.341 e. The first kappa shape index (κ1) is 19.6. The number of nitrogens with zero attached hydrogens (tertiary/aromatic N) is 1. The Morgan fingerprint density at radius 1 is 1.23 bits per heavy atom. The molecule has 1 aromatic heterocycles. The van der Waals surface area contributed by atoms with Gasteiger partial charge in [0.1, 0.15) is 11.8 Å². The number of anilines is 2. The molecule has 1 atom stereocenters. The van der Waals surface area contributed by atoms with E-state index in [0.717, 1.165) is 10.9 Å². The summed E-state index contributed by atoms with van der Waals surface area (Å²) in [6.07, 6.45) is 3.73. The highest BCUT2D eigenvalue weighted by Gasteiger charge is 2.25. The summed E-state index contributed by atoms with van der Waals surface area (Å²) in [4.78, 5) is 17.0. The van der Waals surface area contributed by atoms with Crippen molar-refractivity contribution in [2.24, 2.45) is 0 Å². The number of nitrogens with one attached hydrogen (secondary N) is 1. The van der Waals surface area contributed by atoms with Gasteiger partial charge < -0.3 is 25.3 Å². The predicted molar refractivity (Wildman–Crippen MR) is 115 cm³/mol. The first-order chi connectivity index (χ1) is 14.7. The Balaban J connectivity index is 1.79. The summed E-state index contributed by atoms with van der Waals surface area (Å²) in [5, 5.41) is 4.21. The molecule has 0 spiro atoms. The second-order valence-electron chi connectivity index (χ2n) is 6.85. The second kappa shape index (κ2) is 8.73. The van der Waals surface area contributed by atoms with E-state index in [1.807, 2.05) is 42.5 Å². The molecule has 0 saturated heterocycles. The summed E-state index contributed by atoms with van der Waals surface area (Å²) in [6.45, 7) is 2.20. The Morgan fingerprint density at radius 3 is 2.80 bits per heavy atom. The summed E-state index contributed by atoms with van der Waals surface area (Å²) in [7, 11) is 0. The minimum Gasteiger partial charge on any atom is -0.462 e. The van der Waals surface area contributed by atoms with Crippen LogP contribution in [0, 0.1) is 0 Å². The highest BCUT2D eigenvalue weighted by Crippen LogP contribution is 2.32. The zero-order chi connectivity index (χ0) is 20.9. The highest BCUT2D eigenvalue weighted by molar-refractivity contribution is 6.07. The number of esters is 1. The van der Waals surface area contributed by atoms with E-state index in [-0.39, 0.29) is 19.4 Å². The summed E-state index contributed by atoms with van der Waals surface area (Å²) in [5.74, 6) is 0.204. The molecule has 0 bridgehead atoms. The van der Waals surface area contributed by atoms with Crippen LogP contribution in [0.1, 0.15) is 22.8 Å². The van der Waals surface area contributed by atoms with Crippen LogP contribution in [0.3, 0.4) is 0 Å². The molecule has 0 radical (unpaired) electrons. The van der Waals surface area contributed by atoms with Crippen molar-refractivity contribution in [2.75, 3.05) is 24.5 Å². The van der Waals surface area contributed by atoms with Crippen LogP contribution in [0.4, 0.5) is 11.4 Å². The van der Waals surface area contributed by atoms with Crippen LogP contribution in [0.15, 0.2) is 66.7 Å². The third-order valence-corrected chi connectivity index (χ3v) is 4.86. The average Bonchev–Trinajstić information content (AvgIpc) is 3.29. The Bertz CT molecular complexity index is 1080. The van der Waals surface area contributed by atoms with Gasteiger partial charge in [-0.3, -0.25) is 4.98 Å². The van der Waals surface area contributed by atoms with Crippen molar-refractivity contribution >= 4 is 28.2 Å². The number of rotatable bonds is 7. The molecule has 1 aliphatic rings. The maximum absolute atomic E-state index is 12.7. The first-order valence-electron chi connectivity index (χ1n) is 9.76. The first-order valence-corrected chi connectivity index (χ1v) is 9.76. The molecular formula is C23H23N3O4. The van der Waals surface area contributed by atoms with Crippen LogP contribution in [-0.2, 0) is 20.6 Å². The lowest BCUT2D eigenvalue weighted by Gasteiger charge is -2.23. The van der Waals surface area contributed by atoms with Crippen LogP contribution < -0.4 is 11.1 Å². The van der Waals surface area contributed by atoms with E-state index in [0.29, 0.717) is 34.6 Å². The summed E-state index contributed by atoms with van der Waals surface area (Å²) in [5.41, 5.74) is 9.32. The number of nitrogen functional groups attached to an aromatic ring is 1. The van der Waals surface area contributed by atoms with Gasteiger partial charge >= 0.3 is 5.97 Å². The molecule has 30 heavy (non-hydrogen) atoms. The molecule has 0 saturated carbocycles. The Labute approximate surface area is 174 Å². The maximum atomic E-state index is 12.7. The van der Waals surface area contributed by atoms with Crippen molar-refractivity contribution in [1.29, 1.82) is 0 Å². The number of para-hydroxylation sites is 1. The van der Waals surface area contributed by atoms with Gasteiger partial charge in [0.25, 0.3) is 0 Å². The zero-order valence-corrected chi connectivity index (χ0v) is 16.6. The van der Waals surface area contributed by atoms with Gasteiger partial charge in [0.05, 0.1) is 29.5 Å². The van der Waals surface area contributed by atoms with Gasteiger partial charge in [0, 0.05) is 11.6 Å². The van der Waals surface area contributed by atoms with Crippen molar-refractivity contribution in [3.63, 3.8) is 0 Å². The fourth-order valence-corrected chi connectivity index (χ4v) is 3.45. The maximum Gasteiger partial charge on any atom is 0.341 e. The van der Waals surface area contributed by atoms with Crippen molar-refractivity contribution in [1.82, 2.24) is 4.98 Å². The van der Waals surface area contributed by atoms with E-state index in [9.17, 15) is 4.79 Å². The van der Waals surface area contributed by atoms with Gasteiger partial charge in [-0.25, -0.2) is 4.79 Å². The zero-order valence-electron chi connectivity index (χ0n) is 16.6. The molecule has 4 rings (SSSR count). The van der Waals surface area contributed by atoms with Gasteiger partial charge in [-0.2, -0.15) is 0 Å². The SMILES string of the molecule is CCOC(=O)c1cnc2c(N)cccc2c1NC(Cc1ccccc1)C1=COCO1. The number of aromatic nitrogens is 1. The van der Waals surface area contributed by atoms with Crippen molar-refractivity contribution in [3.8, 4) is 0 Å². The number of fused-ring (bicyclic) bond motifs is 1. The monoisotopic (exact) mass is 405 g/mol. The minimum absolute atomic E-state index is 0.164. The fraction of sp³-hybridized carbons (Fsp3) is 0.217. The molecule has 0 aliphatic carbocycles. The number of pyridine rings is 1. The van der Waals surface area contributed by atoms with E-state index in [1.54, 1.807) is 19.3 Å². The number of hydrogen-bond acceptors (Lipinski definition) is 7. The number of ether oxygens (including phenoxy) is 3. The molecule has 7 heteroatoms. The number of benzene rings is 2. The van der Waals surface area contributed by atoms with Crippen LogP contribution in [0.2, 0.25) is 0 Å². The van der Waals surface area contributed by atoms with Gasteiger partial charge in [-0.05, 0) is 25.0 Å². The minimum atomic E-state index is -0.451. The predicted octanol–water partition coefficient (Wildman–Crippen LogP) is 3.86. The summed E-state index contributed by atoms with van der Waals surface area (Å²) >= 11 is 0. The number of nitrogens with two attached hydrogens (primary N) is 1. The lowest BCUT2D eigenvalue weighted by Crippen LogP contribution is -2.27. The molecule has 2 heterocycles. The van der Waals surface area contributed by atoms with Gasteiger partial charge in [0.2, 0.25) is 6.79 Å². The molecule has 7 nitrogen and oxygen atoms in total. The molecule has 1 aliphatic heterocycles. The van der Waals surface area contributed by atoms with Crippen molar-refractivity contribution in [2.45, 2.75) is 19.4 Å². The van der Waals surface area contributed by atoms with E-state index in [2.05, 4.69) is 10.3 Å². The van der Waals surface area contributed by atoms with Gasteiger partial charge in [-0.1, -0.05) is 42.5 Å². The van der Waals surface area contributed by atoms with E-state index in [4.69, 9.17) is 19.9 Å². The Morgan fingerprint density at radius 2 is 2.07 bits per heavy atom. The normalized spacial score (nSPS) is 13.8. The molecule has 3 aromatic rings. The third-order valence-electron chi connectivity index (χ3n) is 4.86. The van der Waals surface area contributed by atoms with Crippen LogP contribution in [0.25, 0.3) is 10.9 Å². The van der Waals surface area contributed by atoms with Crippen molar-refractivity contribution < 1.29 is 19.0 Å². The molecule has 2 aromatic carbocycles. The van der Waals surface area contributed by atoms with Gasteiger partial charge in [-0.15, -0.1) is 0 Å². The Hall–Kier alpha value is -3.74. The summed E-state index contributed by atoms with van der Waals surface area (Å²) in [6, 6.07) is 15.2. The molecule has 3 N–H and O–H groups in total. The van der Waals surface area contributed by atoms with Crippen LogP contribution in [0.5, 0.6) is 0 Å². The second-order valence-corrected chi connectivity index (χ2v) is 6.85. The largest absolute Gasteiger partial charge is 0.462 e. The highest BCUT2D eigenvalue weighted by atomic mass is 16.7. The van der Waals surface area contributed by atoms with Crippen LogP contribution in [-0.4, -0.2) is 30.4 Å². The Kier molecular flexibility index (Phi) is 5.70. The topological polar surface area (TPSA) is 95.7 Å². The van der Waals surface area contributed by atoms with Crippen molar-refractivity contribution in [3.05, 3.63) is 77.9 Å². The molecule has 0 amide bonds. The molecule has 1 unspecified atom stereocenters. The van der Waals surface area contributed by atoms with E-state index >= 15 is 0 Å². The number of carbonyl (C=O) groups is 1. The fourth-order valence-electron chi connectivity index (χ4n) is 3.45. The van der Waals surface area contributed by atoms with E-state index < -0.39 is 5.97 Å². The standard InChI is InChI=1S/C23H23N3O4/c1-2-29-23(27)17-12-25-22-16(9-6-10-18(22)24)21(17)26-19(20-13-28-14-30-20)11-15-7-4-3-5-8-15/h3-10,12-13,19H,2,11,14,24H2,1H3,(H,25,26). The van der Waals surface area contributed by atoms with Gasteiger partial charge in [0.15, 0.2) is 5.76 Å². The molecular weight excluding hydrogens is 382 g/mol. The lowest BCUT2D eigenvalue weighted by molar-refractivity contribution is 0.0526.